The molecule has 0 bridgehead atoms. The zero-order chi connectivity index (χ0) is 32.1. The molecule has 228 valence electrons. The molecule has 4 heteroatoms. The molecule has 0 aliphatic heterocycles. The average molecular weight is 627 g/mol. The molecule has 0 saturated heterocycles. The molecule has 0 N–H and O–H groups in total. The highest BCUT2D eigenvalue weighted by Gasteiger charge is 2.23. The lowest BCUT2D eigenvalue weighted by Crippen LogP contribution is -1.97. The van der Waals surface area contributed by atoms with Crippen LogP contribution in [-0.4, -0.2) is 9.55 Å². The summed E-state index contributed by atoms with van der Waals surface area (Å²) in [6.07, 6.45) is 0. The second kappa shape index (κ2) is 9.93. The Labute approximate surface area is 280 Å². The van der Waals surface area contributed by atoms with Crippen LogP contribution in [0.15, 0.2) is 167 Å². The minimum absolute atomic E-state index is 0.574. The summed E-state index contributed by atoms with van der Waals surface area (Å²) < 4.78 is 15.6. The Balaban J connectivity index is 1.30. The quantitative estimate of drug-likeness (QED) is 0.196. The second-order valence-electron chi connectivity index (χ2n) is 12.7. The van der Waals surface area contributed by atoms with E-state index in [9.17, 15) is 0 Å². The number of hydrogen-bond donors (Lipinski definition) is 0. The molecule has 8 aromatic carbocycles. The summed E-state index contributed by atoms with van der Waals surface area (Å²) >= 11 is 0. The van der Waals surface area contributed by atoms with Gasteiger partial charge in [-0.05, 0) is 63.7 Å². The number of aromatic nitrogens is 2. The highest BCUT2D eigenvalue weighted by Crippen LogP contribution is 2.45. The first-order chi connectivity index (χ1) is 24.3. The lowest BCUT2D eigenvalue weighted by molar-refractivity contribution is 0.619. The van der Waals surface area contributed by atoms with Crippen LogP contribution in [0.25, 0.3) is 105 Å². The molecule has 4 nitrogen and oxygen atoms in total. The van der Waals surface area contributed by atoms with Crippen molar-refractivity contribution in [3.63, 3.8) is 0 Å². The van der Waals surface area contributed by atoms with E-state index in [-0.39, 0.29) is 0 Å². The molecular weight excluding hydrogens is 601 g/mol. The van der Waals surface area contributed by atoms with Gasteiger partial charge < -0.3 is 13.4 Å². The van der Waals surface area contributed by atoms with Crippen molar-refractivity contribution < 1.29 is 8.83 Å². The lowest BCUT2D eigenvalue weighted by Gasteiger charge is -2.13. The summed E-state index contributed by atoms with van der Waals surface area (Å²) in [7, 11) is 0. The maximum atomic E-state index is 6.76. The fraction of sp³-hybridized carbons (Fsp3) is 0. The minimum atomic E-state index is 0.574. The second-order valence-corrected chi connectivity index (χ2v) is 12.7. The molecular formula is C45H26N2O2. The van der Waals surface area contributed by atoms with Crippen molar-refractivity contribution in [2.75, 3.05) is 0 Å². The highest BCUT2D eigenvalue weighted by atomic mass is 16.3. The van der Waals surface area contributed by atoms with Gasteiger partial charge in [0, 0.05) is 33.0 Å². The average Bonchev–Trinajstić information content (AvgIpc) is 3.86. The molecule has 0 fully saturated rings. The van der Waals surface area contributed by atoms with E-state index in [0.717, 1.165) is 66.1 Å². The van der Waals surface area contributed by atoms with Crippen LogP contribution in [0.3, 0.4) is 0 Å². The molecule has 3 aromatic heterocycles. The molecule has 3 heterocycles. The summed E-state index contributed by atoms with van der Waals surface area (Å²) in [5.74, 6) is 0.574. The van der Waals surface area contributed by atoms with E-state index >= 15 is 0 Å². The van der Waals surface area contributed by atoms with Crippen molar-refractivity contribution in [3.05, 3.63) is 158 Å². The van der Waals surface area contributed by atoms with Gasteiger partial charge in [-0.3, -0.25) is 0 Å². The van der Waals surface area contributed by atoms with Crippen molar-refractivity contribution in [2.24, 2.45) is 0 Å². The first-order valence-corrected chi connectivity index (χ1v) is 16.5. The number of para-hydroxylation sites is 3. The number of fused-ring (bicyclic) bond motifs is 11. The van der Waals surface area contributed by atoms with Crippen LogP contribution in [0.4, 0.5) is 0 Å². The van der Waals surface area contributed by atoms with E-state index in [1.165, 1.54) is 32.7 Å². The highest BCUT2D eigenvalue weighted by molar-refractivity contribution is 6.25. The van der Waals surface area contributed by atoms with Gasteiger partial charge in [-0.2, -0.15) is 0 Å². The normalized spacial score (nSPS) is 12.1. The van der Waals surface area contributed by atoms with Crippen LogP contribution in [0.2, 0.25) is 0 Å². The summed E-state index contributed by atoms with van der Waals surface area (Å²) in [6, 6.07) is 55.5. The zero-order valence-electron chi connectivity index (χ0n) is 26.2. The van der Waals surface area contributed by atoms with Gasteiger partial charge in [0.2, 0.25) is 5.89 Å². The fourth-order valence-corrected chi connectivity index (χ4v) is 7.84. The third kappa shape index (κ3) is 3.77. The van der Waals surface area contributed by atoms with E-state index in [1.54, 1.807) is 0 Å². The molecule has 49 heavy (non-hydrogen) atoms. The van der Waals surface area contributed by atoms with Crippen LogP contribution < -0.4 is 0 Å². The smallest absolute Gasteiger partial charge is 0.229 e. The summed E-state index contributed by atoms with van der Waals surface area (Å²) in [5, 5.41) is 9.18. The third-order valence-corrected chi connectivity index (χ3v) is 10.0. The maximum absolute atomic E-state index is 6.76. The minimum Gasteiger partial charge on any atom is -0.455 e. The number of benzene rings is 8. The number of nitrogens with zero attached hydrogens (tertiary/aromatic N) is 2. The third-order valence-electron chi connectivity index (χ3n) is 10.0. The van der Waals surface area contributed by atoms with Gasteiger partial charge in [-0.25, -0.2) is 4.98 Å². The molecule has 0 aliphatic carbocycles. The maximum Gasteiger partial charge on any atom is 0.229 e. The van der Waals surface area contributed by atoms with E-state index in [4.69, 9.17) is 13.8 Å². The Hall–Kier alpha value is -6.65. The molecule has 0 unspecified atom stereocenters. The fourth-order valence-electron chi connectivity index (χ4n) is 7.84. The summed E-state index contributed by atoms with van der Waals surface area (Å²) in [4.78, 5) is 5.03. The number of rotatable bonds is 3. The van der Waals surface area contributed by atoms with Crippen molar-refractivity contribution in [1.82, 2.24) is 9.55 Å². The standard InChI is InChI=1S/C45H26N2O2/c1-2-11-27(12-3-1)30-17-10-14-29-22-24-38-43(42(29)30)33-16-6-8-19-37(33)47(38)39-26-41-34(25-35(39)45-46-36-18-7-9-20-40(36)49-45)32-23-21-28-13-4-5-15-31(28)44(32)48-41/h1-26H. The number of furan rings is 1. The van der Waals surface area contributed by atoms with Crippen molar-refractivity contribution in [1.29, 1.82) is 0 Å². The van der Waals surface area contributed by atoms with Crippen molar-refractivity contribution in [2.45, 2.75) is 0 Å². The SMILES string of the molecule is c1ccc(-c2cccc3ccc4c(c5ccccc5n4-c4cc5oc6c7ccccc7ccc6c5cc4-c4nc5ccccc5o4)c23)cc1. The Kier molecular flexibility index (Phi) is 5.35. The van der Waals surface area contributed by atoms with Gasteiger partial charge in [-0.1, -0.05) is 115 Å². The Bertz CT molecular complexity index is 3070. The van der Waals surface area contributed by atoms with Crippen molar-refractivity contribution >= 4 is 76.4 Å². The predicted octanol–water partition coefficient (Wildman–Crippen LogP) is 12.5. The Morgan fingerprint density at radius 2 is 1.22 bits per heavy atom. The monoisotopic (exact) mass is 626 g/mol. The summed E-state index contributed by atoms with van der Waals surface area (Å²) in [5.41, 5.74) is 9.75. The van der Waals surface area contributed by atoms with Crippen LogP contribution in [0, 0.1) is 0 Å². The lowest BCUT2D eigenvalue weighted by atomic mass is 9.94. The molecule has 0 aliphatic rings. The van der Waals surface area contributed by atoms with Crippen LogP contribution in [-0.2, 0) is 0 Å². The van der Waals surface area contributed by atoms with Gasteiger partial charge >= 0.3 is 0 Å². The first-order valence-electron chi connectivity index (χ1n) is 16.5. The molecule has 0 saturated carbocycles. The van der Waals surface area contributed by atoms with Crippen molar-refractivity contribution in [3.8, 4) is 28.3 Å². The van der Waals surface area contributed by atoms with Crippen LogP contribution in [0.5, 0.6) is 0 Å². The molecule has 0 spiro atoms. The number of oxazole rings is 1. The van der Waals surface area contributed by atoms with Crippen LogP contribution >= 0.6 is 0 Å². The van der Waals surface area contributed by atoms with Crippen LogP contribution in [0.1, 0.15) is 0 Å². The topological polar surface area (TPSA) is 44.1 Å². The Morgan fingerprint density at radius 3 is 2.14 bits per heavy atom. The largest absolute Gasteiger partial charge is 0.455 e. The van der Waals surface area contributed by atoms with Gasteiger partial charge in [0.15, 0.2) is 5.58 Å². The van der Waals surface area contributed by atoms with E-state index in [2.05, 4.69) is 138 Å². The van der Waals surface area contributed by atoms with Gasteiger partial charge in [0.05, 0.1) is 22.3 Å². The molecule has 0 amide bonds. The first kappa shape index (κ1) is 26.4. The van der Waals surface area contributed by atoms with Gasteiger partial charge in [0.25, 0.3) is 0 Å². The molecule has 11 aromatic rings. The molecule has 11 rings (SSSR count). The van der Waals surface area contributed by atoms with E-state index < -0.39 is 0 Å². The Morgan fingerprint density at radius 1 is 0.449 bits per heavy atom. The van der Waals surface area contributed by atoms with E-state index in [1.807, 2.05) is 24.3 Å². The molecule has 0 atom stereocenters. The molecule has 0 radical (unpaired) electrons. The van der Waals surface area contributed by atoms with E-state index in [0.29, 0.717) is 5.89 Å². The van der Waals surface area contributed by atoms with Gasteiger partial charge in [-0.15, -0.1) is 0 Å². The number of hydrogen-bond acceptors (Lipinski definition) is 3. The summed E-state index contributed by atoms with van der Waals surface area (Å²) in [6.45, 7) is 0. The van der Waals surface area contributed by atoms with Gasteiger partial charge in [0.1, 0.15) is 16.7 Å². The predicted molar refractivity (Wildman–Crippen MR) is 202 cm³/mol. The zero-order valence-corrected chi connectivity index (χ0v) is 26.2.